The summed E-state index contributed by atoms with van der Waals surface area (Å²) in [4.78, 5) is 0. The van der Waals surface area contributed by atoms with Crippen LogP contribution in [0.15, 0.2) is 0 Å². The van der Waals surface area contributed by atoms with Gasteiger partial charge in [-0.25, -0.2) is 8.78 Å². The van der Waals surface area contributed by atoms with Gasteiger partial charge in [0.15, 0.2) is 0 Å². The topological polar surface area (TPSA) is 12.0 Å². The van der Waals surface area contributed by atoms with Gasteiger partial charge >= 0.3 is 0 Å². The highest BCUT2D eigenvalue weighted by Gasteiger charge is 2.39. The first-order valence-electron chi connectivity index (χ1n) is 7.57. The molecular formula is C15H27F2N. The van der Waals surface area contributed by atoms with E-state index in [1.165, 1.54) is 25.7 Å². The van der Waals surface area contributed by atoms with E-state index < -0.39 is 5.92 Å². The molecule has 0 radical (unpaired) electrons. The van der Waals surface area contributed by atoms with Gasteiger partial charge in [-0.2, -0.15) is 0 Å². The summed E-state index contributed by atoms with van der Waals surface area (Å²) >= 11 is 0. The molecule has 0 aromatic carbocycles. The molecule has 2 aliphatic rings. The fraction of sp³-hybridized carbons (Fsp3) is 1.00. The molecule has 0 aromatic rings. The molecule has 0 aromatic heterocycles. The zero-order chi connectivity index (χ0) is 13.2. The van der Waals surface area contributed by atoms with Gasteiger partial charge in [0.05, 0.1) is 0 Å². The molecule has 0 saturated heterocycles. The third kappa shape index (κ3) is 3.43. The van der Waals surface area contributed by atoms with Crippen LogP contribution in [-0.4, -0.2) is 19.0 Å². The molecule has 1 unspecified atom stereocenters. The van der Waals surface area contributed by atoms with Crippen molar-refractivity contribution < 1.29 is 8.78 Å². The first-order chi connectivity index (χ1) is 8.52. The molecule has 0 aliphatic heterocycles. The zero-order valence-electron chi connectivity index (χ0n) is 11.7. The summed E-state index contributed by atoms with van der Waals surface area (Å²) in [5, 5.41) is 3.44. The second-order valence-electron chi connectivity index (χ2n) is 6.53. The Kier molecular flexibility index (Phi) is 4.63. The van der Waals surface area contributed by atoms with Crippen LogP contribution in [0.5, 0.6) is 0 Å². The molecule has 0 amide bonds. The molecule has 0 heterocycles. The van der Waals surface area contributed by atoms with Crippen LogP contribution < -0.4 is 5.32 Å². The molecule has 2 rings (SSSR count). The molecule has 2 aliphatic carbocycles. The van der Waals surface area contributed by atoms with E-state index in [2.05, 4.69) is 12.2 Å². The minimum Gasteiger partial charge on any atom is -0.316 e. The number of nitrogens with one attached hydrogen (secondary N) is 1. The zero-order valence-corrected chi connectivity index (χ0v) is 11.7. The van der Waals surface area contributed by atoms with Gasteiger partial charge < -0.3 is 5.32 Å². The van der Waals surface area contributed by atoms with Gasteiger partial charge in [0, 0.05) is 18.9 Å². The first-order valence-corrected chi connectivity index (χ1v) is 7.57. The maximum Gasteiger partial charge on any atom is 0.248 e. The second-order valence-corrected chi connectivity index (χ2v) is 6.53. The van der Waals surface area contributed by atoms with E-state index in [0.29, 0.717) is 30.7 Å². The summed E-state index contributed by atoms with van der Waals surface area (Å²) in [5.74, 6) is -0.360. The quantitative estimate of drug-likeness (QED) is 0.800. The summed E-state index contributed by atoms with van der Waals surface area (Å²) < 4.78 is 26.4. The lowest BCUT2D eigenvalue weighted by Gasteiger charge is -2.40. The van der Waals surface area contributed by atoms with Crippen molar-refractivity contribution in [2.75, 3.05) is 7.05 Å². The molecule has 106 valence electrons. The minimum absolute atomic E-state index is 0.0962. The van der Waals surface area contributed by atoms with Crippen molar-refractivity contribution in [3.63, 3.8) is 0 Å². The Morgan fingerprint density at radius 1 is 0.944 bits per heavy atom. The largest absolute Gasteiger partial charge is 0.316 e. The van der Waals surface area contributed by atoms with Crippen molar-refractivity contribution >= 4 is 0 Å². The van der Waals surface area contributed by atoms with Crippen molar-refractivity contribution in [1.29, 1.82) is 0 Å². The molecular weight excluding hydrogens is 232 g/mol. The third-order valence-corrected chi connectivity index (χ3v) is 5.17. The highest BCUT2D eigenvalue weighted by molar-refractivity contribution is 4.89. The Balaban J connectivity index is 1.89. The normalized spacial score (nSPS) is 35.3. The minimum atomic E-state index is -2.39. The Bertz CT molecular complexity index is 249. The van der Waals surface area contributed by atoms with Gasteiger partial charge in [-0.3, -0.25) is 0 Å². The fourth-order valence-corrected chi connectivity index (χ4v) is 3.92. The summed E-state index contributed by atoms with van der Waals surface area (Å²) in [5.41, 5.74) is 0. The van der Waals surface area contributed by atoms with E-state index in [4.69, 9.17) is 0 Å². The number of alkyl halides is 2. The molecule has 2 fully saturated rings. The monoisotopic (exact) mass is 259 g/mol. The van der Waals surface area contributed by atoms with Gasteiger partial charge in [0.1, 0.15) is 0 Å². The van der Waals surface area contributed by atoms with E-state index in [1.807, 2.05) is 7.05 Å². The van der Waals surface area contributed by atoms with E-state index in [1.54, 1.807) is 0 Å². The van der Waals surface area contributed by atoms with Gasteiger partial charge in [0.25, 0.3) is 0 Å². The second kappa shape index (κ2) is 5.85. The van der Waals surface area contributed by atoms with Crippen molar-refractivity contribution in [1.82, 2.24) is 5.32 Å². The van der Waals surface area contributed by atoms with Crippen molar-refractivity contribution in [2.24, 2.45) is 17.8 Å². The van der Waals surface area contributed by atoms with E-state index >= 15 is 0 Å². The predicted octanol–water partition coefficient (Wildman–Crippen LogP) is 4.23. The number of rotatable bonds is 3. The van der Waals surface area contributed by atoms with E-state index in [-0.39, 0.29) is 12.8 Å². The Labute approximate surface area is 110 Å². The van der Waals surface area contributed by atoms with E-state index in [0.717, 1.165) is 5.92 Å². The lowest BCUT2D eigenvalue weighted by atomic mass is 9.71. The smallest absolute Gasteiger partial charge is 0.248 e. The number of hydrogen-bond acceptors (Lipinski definition) is 1. The number of halogens is 2. The highest BCUT2D eigenvalue weighted by Crippen LogP contribution is 2.41. The number of hydrogen-bond donors (Lipinski definition) is 1. The molecule has 18 heavy (non-hydrogen) atoms. The molecule has 0 bridgehead atoms. The maximum absolute atomic E-state index is 13.2. The van der Waals surface area contributed by atoms with E-state index in [9.17, 15) is 8.78 Å². The standard InChI is InChI=1S/C15H27F2N/c1-11-3-5-12(6-4-11)14(18-2)13-7-9-15(16,17)10-8-13/h11-14,18H,3-10H2,1-2H3. The van der Waals surface area contributed by atoms with Crippen LogP contribution in [0.2, 0.25) is 0 Å². The molecule has 1 N–H and O–H groups in total. The summed E-state index contributed by atoms with van der Waals surface area (Å²) in [7, 11) is 2.01. The van der Waals surface area contributed by atoms with Gasteiger partial charge in [-0.1, -0.05) is 19.8 Å². The van der Waals surface area contributed by atoms with Crippen molar-refractivity contribution in [3.05, 3.63) is 0 Å². The van der Waals surface area contributed by atoms with Crippen LogP contribution in [0.3, 0.4) is 0 Å². The SMILES string of the molecule is CNC(C1CCC(C)CC1)C1CCC(F)(F)CC1. The van der Waals surface area contributed by atoms with Crippen LogP contribution in [0.25, 0.3) is 0 Å². The lowest BCUT2D eigenvalue weighted by molar-refractivity contribution is -0.0527. The highest BCUT2D eigenvalue weighted by atomic mass is 19.3. The average molecular weight is 259 g/mol. The Hall–Kier alpha value is -0.180. The Morgan fingerprint density at radius 3 is 1.94 bits per heavy atom. The van der Waals surface area contributed by atoms with Crippen molar-refractivity contribution in [2.45, 2.75) is 70.3 Å². The van der Waals surface area contributed by atoms with Crippen LogP contribution in [0, 0.1) is 17.8 Å². The Morgan fingerprint density at radius 2 is 1.44 bits per heavy atom. The molecule has 1 atom stereocenters. The lowest BCUT2D eigenvalue weighted by Crippen LogP contribution is -2.44. The van der Waals surface area contributed by atoms with Gasteiger partial charge in [-0.05, 0) is 50.5 Å². The summed E-state index contributed by atoms with van der Waals surface area (Å²) in [6.07, 6.45) is 6.77. The molecule has 0 spiro atoms. The predicted molar refractivity (Wildman–Crippen MR) is 70.9 cm³/mol. The van der Waals surface area contributed by atoms with Crippen LogP contribution in [-0.2, 0) is 0 Å². The average Bonchev–Trinajstić information content (AvgIpc) is 2.34. The molecule has 1 nitrogen and oxygen atoms in total. The fourth-order valence-electron chi connectivity index (χ4n) is 3.92. The first kappa shape index (κ1) is 14.2. The molecule has 2 saturated carbocycles. The van der Waals surface area contributed by atoms with Gasteiger partial charge in [-0.15, -0.1) is 0 Å². The van der Waals surface area contributed by atoms with Crippen molar-refractivity contribution in [3.8, 4) is 0 Å². The van der Waals surface area contributed by atoms with Crippen LogP contribution in [0.4, 0.5) is 8.78 Å². The third-order valence-electron chi connectivity index (χ3n) is 5.17. The summed E-state index contributed by atoms with van der Waals surface area (Å²) in [6.45, 7) is 2.33. The maximum atomic E-state index is 13.2. The summed E-state index contributed by atoms with van der Waals surface area (Å²) in [6, 6.07) is 0.466. The molecule has 3 heteroatoms. The van der Waals surface area contributed by atoms with Crippen LogP contribution >= 0.6 is 0 Å². The van der Waals surface area contributed by atoms with Gasteiger partial charge in [0.2, 0.25) is 5.92 Å². The van der Waals surface area contributed by atoms with Crippen LogP contribution in [0.1, 0.15) is 58.3 Å².